The third-order valence-electron chi connectivity index (χ3n) is 2.42. The zero-order chi connectivity index (χ0) is 11.3. The Labute approximate surface area is 92.2 Å². The molecule has 0 aromatic heterocycles. The van der Waals surface area contributed by atoms with Crippen molar-refractivity contribution >= 4 is 0 Å². The number of nitrogens with two attached hydrogens (primary N) is 1. The van der Waals surface area contributed by atoms with Crippen LogP contribution in [0.5, 0.6) is 0 Å². The Morgan fingerprint density at radius 1 is 1.27 bits per heavy atom. The van der Waals surface area contributed by atoms with E-state index in [1.165, 1.54) is 11.1 Å². The van der Waals surface area contributed by atoms with Crippen LogP contribution in [0, 0.1) is 6.92 Å². The van der Waals surface area contributed by atoms with E-state index in [0.717, 1.165) is 13.0 Å². The van der Waals surface area contributed by atoms with Gasteiger partial charge in [0, 0.05) is 12.6 Å². The molecule has 1 atom stereocenters. The smallest absolute Gasteiger partial charge is 0.0377 e. The number of hydrogen-bond donors (Lipinski definition) is 2. The van der Waals surface area contributed by atoms with Crippen LogP contribution >= 0.6 is 0 Å². The molecule has 0 saturated heterocycles. The minimum absolute atomic E-state index is 0.308. The number of nitrogens with zero attached hydrogens (tertiary/aromatic N) is 1. The summed E-state index contributed by atoms with van der Waals surface area (Å²) in [6.45, 7) is 3.05. The van der Waals surface area contributed by atoms with Gasteiger partial charge in [0.05, 0.1) is 0 Å². The summed E-state index contributed by atoms with van der Waals surface area (Å²) in [7, 11) is 4.11. The normalized spacial score (nSPS) is 13.1. The van der Waals surface area contributed by atoms with Crippen molar-refractivity contribution in [2.45, 2.75) is 19.4 Å². The van der Waals surface area contributed by atoms with Crippen molar-refractivity contribution in [1.29, 1.82) is 0 Å². The van der Waals surface area contributed by atoms with E-state index >= 15 is 0 Å². The summed E-state index contributed by atoms with van der Waals surface area (Å²) in [5.74, 6) is 5.52. The van der Waals surface area contributed by atoms with E-state index in [2.05, 4.69) is 55.6 Å². The molecule has 0 aliphatic rings. The second-order valence-electron chi connectivity index (χ2n) is 4.32. The average Bonchev–Trinajstić information content (AvgIpc) is 2.19. The van der Waals surface area contributed by atoms with Gasteiger partial charge in [-0.15, -0.1) is 0 Å². The molecule has 15 heavy (non-hydrogen) atoms. The first-order chi connectivity index (χ1) is 7.11. The van der Waals surface area contributed by atoms with Crippen LogP contribution in [0.3, 0.4) is 0 Å². The van der Waals surface area contributed by atoms with E-state index in [1.54, 1.807) is 0 Å². The van der Waals surface area contributed by atoms with E-state index in [-0.39, 0.29) is 0 Å². The van der Waals surface area contributed by atoms with E-state index in [9.17, 15) is 0 Å². The Bertz CT molecular complexity index is 279. The minimum Gasteiger partial charge on any atom is -0.308 e. The van der Waals surface area contributed by atoms with Gasteiger partial charge < -0.3 is 4.90 Å². The fourth-order valence-corrected chi connectivity index (χ4v) is 1.63. The Morgan fingerprint density at radius 3 is 2.33 bits per heavy atom. The quantitative estimate of drug-likeness (QED) is 0.557. The van der Waals surface area contributed by atoms with E-state index < -0.39 is 0 Å². The number of rotatable bonds is 5. The van der Waals surface area contributed by atoms with Gasteiger partial charge >= 0.3 is 0 Å². The van der Waals surface area contributed by atoms with Gasteiger partial charge in [0.2, 0.25) is 0 Å². The van der Waals surface area contributed by atoms with Gasteiger partial charge in [-0.2, -0.15) is 0 Å². The number of hydrazine groups is 1. The first-order valence-electron chi connectivity index (χ1n) is 5.28. The highest BCUT2D eigenvalue weighted by Crippen LogP contribution is 2.06. The Morgan fingerprint density at radius 2 is 1.87 bits per heavy atom. The third-order valence-corrected chi connectivity index (χ3v) is 2.42. The summed E-state index contributed by atoms with van der Waals surface area (Å²) in [5.41, 5.74) is 5.47. The Kier molecular flexibility index (Phi) is 4.75. The molecule has 0 aliphatic carbocycles. The van der Waals surface area contributed by atoms with Gasteiger partial charge in [-0.3, -0.25) is 11.3 Å². The molecular weight excluding hydrogens is 186 g/mol. The lowest BCUT2D eigenvalue weighted by atomic mass is 10.0. The minimum atomic E-state index is 0.308. The molecule has 1 aromatic rings. The average molecular weight is 207 g/mol. The maximum absolute atomic E-state index is 5.52. The van der Waals surface area contributed by atoms with Crippen molar-refractivity contribution in [3.05, 3.63) is 35.4 Å². The number of nitrogens with one attached hydrogen (secondary N) is 1. The maximum Gasteiger partial charge on any atom is 0.0377 e. The van der Waals surface area contributed by atoms with Crippen LogP contribution in [0.1, 0.15) is 11.1 Å². The van der Waals surface area contributed by atoms with Crippen LogP contribution in [0.2, 0.25) is 0 Å². The molecule has 0 fully saturated rings. The van der Waals surface area contributed by atoms with Crippen LogP contribution in [0.4, 0.5) is 0 Å². The second-order valence-corrected chi connectivity index (χ2v) is 4.32. The monoisotopic (exact) mass is 207 g/mol. The highest BCUT2D eigenvalue weighted by molar-refractivity contribution is 5.22. The van der Waals surface area contributed by atoms with E-state index in [1.807, 2.05) is 0 Å². The Balaban J connectivity index is 2.54. The van der Waals surface area contributed by atoms with Gasteiger partial charge in [0.15, 0.2) is 0 Å². The fourth-order valence-electron chi connectivity index (χ4n) is 1.63. The summed E-state index contributed by atoms with van der Waals surface area (Å²) in [6, 6.07) is 8.91. The molecule has 1 rings (SSSR count). The topological polar surface area (TPSA) is 41.3 Å². The molecular formula is C12H21N3. The molecule has 0 radical (unpaired) electrons. The predicted molar refractivity (Wildman–Crippen MR) is 64.5 cm³/mol. The van der Waals surface area contributed by atoms with Crippen LogP contribution in [-0.2, 0) is 6.42 Å². The van der Waals surface area contributed by atoms with Crippen LogP contribution < -0.4 is 11.3 Å². The van der Waals surface area contributed by atoms with Gasteiger partial charge in [-0.25, -0.2) is 0 Å². The molecule has 84 valence electrons. The van der Waals surface area contributed by atoms with Crippen LogP contribution in [-0.4, -0.2) is 31.6 Å². The van der Waals surface area contributed by atoms with Crippen molar-refractivity contribution in [2.24, 2.45) is 5.84 Å². The lowest BCUT2D eigenvalue weighted by molar-refractivity contribution is 0.338. The van der Waals surface area contributed by atoms with Gasteiger partial charge in [0.25, 0.3) is 0 Å². The van der Waals surface area contributed by atoms with Gasteiger partial charge in [-0.05, 0) is 33.0 Å². The van der Waals surface area contributed by atoms with E-state index in [0.29, 0.717) is 6.04 Å². The second kappa shape index (κ2) is 5.85. The largest absolute Gasteiger partial charge is 0.308 e. The number of hydrogen-bond acceptors (Lipinski definition) is 3. The zero-order valence-electron chi connectivity index (χ0n) is 9.83. The van der Waals surface area contributed by atoms with Crippen molar-refractivity contribution in [2.75, 3.05) is 20.6 Å². The standard InChI is InChI=1S/C12H21N3/c1-10-4-6-11(7-5-10)8-12(14-13)9-15(2)3/h4-7,12,14H,8-9,13H2,1-3H3. The summed E-state index contributed by atoms with van der Waals surface area (Å²) < 4.78 is 0. The first kappa shape index (κ1) is 12.2. The molecule has 3 nitrogen and oxygen atoms in total. The van der Waals surface area contributed by atoms with Gasteiger partial charge in [0.1, 0.15) is 0 Å². The number of benzene rings is 1. The molecule has 0 aliphatic heterocycles. The number of aryl methyl sites for hydroxylation is 1. The predicted octanol–water partition coefficient (Wildman–Crippen LogP) is 0.931. The Hall–Kier alpha value is -0.900. The summed E-state index contributed by atoms with van der Waals surface area (Å²) in [6.07, 6.45) is 0.967. The summed E-state index contributed by atoms with van der Waals surface area (Å²) in [5, 5.41) is 0. The molecule has 3 N–H and O–H groups in total. The number of likely N-dealkylation sites (N-methyl/N-ethyl adjacent to an activating group) is 1. The van der Waals surface area contributed by atoms with Crippen LogP contribution in [0.15, 0.2) is 24.3 Å². The molecule has 3 heteroatoms. The third kappa shape index (κ3) is 4.42. The zero-order valence-corrected chi connectivity index (χ0v) is 9.83. The molecule has 0 saturated carbocycles. The SMILES string of the molecule is Cc1ccc(CC(CN(C)C)NN)cc1. The van der Waals surface area contributed by atoms with Crippen molar-refractivity contribution in [1.82, 2.24) is 10.3 Å². The molecule has 0 spiro atoms. The lowest BCUT2D eigenvalue weighted by Crippen LogP contribution is -2.43. The highest BCUT2D eigenvalue weighted by Gasteiger charge is 2.08. The first-order valence-corrected chi connectivity index (χ1v) is 5.28. The van der Waals surface area contributed by atoms with E-state index in [4.69, 9.17) is 5.84 Å². The molecule has 0 amide bonds. The molecule has 1 aromatic carbocycles. The fraction of sp³-hybridized carbons (Fsp3) is 0.500. The molecule has 1 unspecified atom stereocenters. The van der Waals surface area contributed by atoms with Crippen molar-refractivity contribution in [3.63, 3.8) is 0 Å². The highest BCUT2D eigenvalue weighted by atomic mass is 15.3. The maximum atomic E-state index is 5.52. The van der Waals surface area contributed by atoms with Gasteiger partial charge in [-0.1, -0.05) is 29.8 Å². The van der Waals surface area contributed by atoms with Crippen LogP contribution in [0.25, 0.3) is 0 Å². The van der Waals surface area contributed by atoms with Crippen molar-refractivity contribution in [3.8, 4) is 0 Å². The lowest BCUT2D eigenvalue weighted by Gasteiger charge is -2.20. The summed E-state index contributed by atoms with van der Waals surface area (Å²) in [4.78, 5) is 2.14. The molecule has 0 heterocycles. The summed E-state index contributed by atoms with van der Waals surface area (Å²) >= 11 is 0. The molecule has 0 bridgehead atoms. The van der Waals surface area contributed by atoms with Crippen molar-refractivity contribution < 1.29 is 0 Å².